The number of ketones is 1. The minimum Gasteiger partial charge on any atom is -0.390 e. The quantitative estimate of drug-likeness (QED) is 0.849. The van der Waals surface area contributed by atoms with Gasteiger partial charge in [-0.3, -0.25) is 9.69 Å². The largest absolute Gasteiger partial charge is 0.390 e. The highest BCUT2D eigenvalue weighted by Crippen LogP contribution is 2.39. The molecule has 1 N–H and O–H groups in total. The summed E-state index contributed by atoms with van der Waals surface area (Å²) < 4.78 is 0.939. The molecule has 0 aromatic heterocycles. The molecular formula is C17H22BrNO2. The zero-order valence-electron chi connectivity index (χ0n) is 12.2. The standard InChI is InChI=1S/C17H22BrNO2/c18-15-6-3-4-13(10-15)16(20)12-19-9-8-17(21)7-2-1-5-14(17)11-19/h3-4,6,10,14,21H,1-2,5,7-9,11-12H2. The molecule has 0 spiro atoms. The van der Waals surface area contributed by atoms with Gasteiger partial charge in [-0.05, 0) is 31.4 Å². The molecule has 1 heterocycles. The molecule has 1 aliphatic heterocycles. The van der Waals surface area contributed by atoms with Crippen molar-refractivity contribution < 1.29 is 9.90 Å². The van der Waals surface area contributed by atoms with Crippen molar-refractivity contribution in [2.24, 2.45) is 5.92 Å². The molecule has 2 atom stereocenters. The Morgan fingerprint density at radius 2 is 2.24 bits per heavy atom. The first-order valence-electron chi connectivity index (χ1n) is 7.80. The zero-order chi connectivity index (χ0) is 14.9. The molecule has 1 aromatic rings. The molecule has 1 saturated heterocycles. The van der Waals surface area contributed by atoms with Gasteiger partial charge in [0, 0.05) is 29.0 Å². The SMILES string of the molecule is O=C(CN1CCC2(O)CCCCC2C1)c1cccc(Br)c1. The Hall–Kier alpha value is -0.710. The molecule has 0 bridgehead atoms. The maximum Gasteiger partial charge on any atom is 0.176 e. The molecule has 0 radical (unpaired) electrons. The third-order valence-corrected chi connectivity index (χ3v) is 5.52. The topological polar surface area (TPSA) is 40.5 Å². The maximum atomic E-state index is 12.4. The highest BCUT2D eigenvalue weighted by atomic mass is 79.9. The number of carbonyl (C=O) groups excluding carboxylic acids is 1. The van der Waals surface area contributed by atoms with E-state index in [0.717, 1.165) is 48.8 Å². The number of Topliss-reactive ketones (excluding diaryl/α,β-unsaturated/α-hetero) is 1. The Balaban J connectivity index is 1.62. The number of benzene rings is 1. The third-order valence-electron chi connectivity index (χ3n) is 5.03. The van der Waals surface area contributed by atoms with E-state index in [0.29, 0.717) is 12.5 Å². The van der Waals surface area contributed by atoms with E-state index in [1.807, 2.05) is 24.3 Å². The van der Waals surface area contributed by atoms with Gasteiger partial charge in [-0.1, -0.05) is 40.9 Å². The molecule has 2 fully saturated rings. The van der Waals surface area contributed by atoms with Crippen LogP contribution in [-0.2, 0) is 0 Å². The van der Waals surface area contributed by atoms with Gasteiger partial charge in [0.1, 0.15) is 0 Å². The van der Waals surface area contributed by atoms with Crippen molar-refractivity contribution in [2.75, 3.05) is 19.6 Å². The summed E-state index contributed by atoms with van der Waals surface area (Å²) in [7, 11) is 0. The van der Waals surface area contributed by atoms with Crippen LogP contribution in [0.1, 0.15) is 42.5 Å². The maximum absolute atomic E-state index is 12.4. The second-order valence-corrected chi connectivity index (χ2v) is 7.38. The lowest BCUT2D eigenvalue weighted by Crippen LogP contribution is -2.54. The minimum atomic E-state index is -0.465. The number of halogens is 1. The van der Waals surface area contributed by atoms with Crippen molar-refractivity contribution in [3.05, 3.63) is 34.3 Å². The Labute approximate surface area is 134 Å². The van der Waals surface area contributed by atoms with E-state index in [9.17, 15) is 9.90 Å². The zero-order valence-corrected chi connectivity index (χ0v) is 13.8. The van der Waals surface area contributed by atoms with Gasteiger partial charge in [0.2, 0.25) is 0 Å². The van der Waals surface area contributed by atoms with E-state index in [1.54, 1.807) is 0 Å². The predicted molar refractivity (Wildman–Crippen MR) is 86.4 cm³/mol. The van der Waals surface area contributed by atoms with Gasteiger partial charge in [0.15, 0.2) is 5.78 Å². The number of piperidine rings is 1. The smallest absolute Gasteiger partial charge is 0.176 e. The average Bonchev–Trinajstić information content (AvgIpc) is 2.47. The highest BCUT2D eigenvalue weighted by Gasteiger charge is 2.42. The van der Waals surface area contributed by atoms with Crippen LogP contribution in [0.3, 0.4) is 0 Å². The normalized spacial score (nSPS) is 29.9. The Morgan fingerprint density at radius 1 is 1.38 bits per heavy atom. The number of nitrogens with zero attached hydrogens (tertiary/aromatic N) is 1. The number of hydrogen-bond acceptors (Lipinski definition) is 3. The second kappa shape index (κ2) is 6.19. The van der Waals surface area contributed by atoms with E-state index < -0.39 is 5.60 Å². The van der Waals surface area contributed by atoms with Crippen LogP contribution in [0.15, 0.2) is 28.7 Å². The summed E-state index contributed by atoms with van der Waals surface area (Å²) in [6.07, 6.45) is 5.19. The Bertz CT molecular complexity index is 533. The second-order valence-electron chi connectivity index (χ2n) is 6.46. The number of fused-ring (bicyclic) bond motifs is 1. The minimum absolute atomic E-state index is 0.164. The van der Waals surface area contributed by atoms with Crippen LogP contribution in [0.25, 0.3) is 0 Å². The first-order chi connectivity index (χ1) is 10.1. The van der Waals surface area contributed by atoms with Crippen LogP contribution in [0.2, 0.25) is 0 Å². The van der Waals surface area contributed by atoms with E-state index in [2.05, 4.69) is 20.8 Å². The Kier molecular flexibility index (Phi) is 4.48. The molecule has 1 aromatic carbocycles. The lowest BCUT2D eigenvalue weighted by atomic mass is 9.71. The van der Waals surface area contributed by atoms with Gasteiger partial charge in [-0.25, -0.2) is 0 Å². The van der Waals surface area contributed by atoms with Gasteiger partial charge in [0.05, 0.1) is 12.1 Å². The molecule has 114 valence electrons. The van der Waals surface area contributed by atoms with Crippen LogP contribution in [0.5, 0.6) is 0 Å². The average molecular weight is 352 g/mol. The molecule has 1 saturated carbocycles. The molecule has 2 unspecified atom stereocenters. The highest BCUT2D eigenvalue weighted by molar-refractivity contribution is 9.10. The van der Waals surface area contributed by atoms with E-state index in [4.69, 9.17) is 0 Å². The van der Waals surface area contributed by atoms with Crippen LogP contribution < -0.4 is 0 Å². The van der Waals surface area contributed by atoms with Gasteiger partial charge in [0.25, 0.3) is 0 Å². The fraction of sp³-hybridized carbons (Fsp3) is 0.588. The molecule has 4 heteroatoms. The molecule has 0 amide bonds. The summed E-state index contributed by atoms with van der Waals surface area (Å²) in [4.78, 5) is 14.6. The molecular weight excluding hydrogens is 330 g/mol. The lowest BCUT2D eigenvalue weighted by molar-refractivity contribution is -0.0936. The summed E-state index contributed by atoms with van der Waals surface area (Å²) in [5.41, 5.74) is 0.293. The summed E-state index contributed by atoms with van der Waals surface area (Å²) in [6.45, 7) is 2.14. The van der Waals surface area contributed by atoms with E-state index in [1.165, 1.54) is 6.42 Å². The van der Waals surface area contributed by atoms with Gasteiger partial charge in [-0.15, -0.1) is 0 Å². The molecule has 3 rings (SSSR count). The molecule has 3 nitrogen and oxygen atoms in total. The van der Waals surface area contributed by atoms with Crippen molar-refractivity contribution in [1.29, 1.82) is 0 Å². The van der Waals surface area contributed by atoms with Crippen molar-refractivity contribution in [1.82, 2.24) is 4.90 Å². The first-order valence-corrected chi connectivity index (χ1v) is 8.60. The number of likely N-dealkylation sites (tertiary alicyclic amines) is 1. The van der Waals surface area contributed by atoms with Crippen molar-refractivity contribution in [3.63, 3.8) is 0 Å². The molecule has 1 aliphatic carbocycles. The number of carbonyl (C=O) groups is 1. The summed E-state index contributed by atoms with van der Waals surface area (Å²) >= 11 is 3.41. The monoisotopic (exact) mass is 351 g/mol. The van der Waals surface area contributed by atoms with Crippen LogP contribution in [-0.4, -0.2) is 41.0 Å². The molecule has 2 aliphatic rings. The van der Waals surface area contributed by atoms with Crippen molar-refractivity contribution in [2.45, 2.75) is 37.7 Å². The summed E-state index contributed by atoms with van der Waals surface area (Å²) in [6, 6.07) is 7.57. The third kappa shape index (κ3) is 3.38. The van der Waals surface area contributed by atoms with Crippen LogP contribution >= 0.6 is 15.9 Å². The van der Waals surface area contributed by atoms with Crippen molar-refractivity contribution >= 4 is 21.7 Å². The molecule has 21 heavy (non-hydrogen) atoms. The van der Waals surface area contributed by atoms with Crippen LogP contribution in [0, 0.1) is 5.92 Å². The predicted octanol–water partition coefficient (Wildman–Crippen LogP) is 3.26. The first kappa shape index (κ1) is 15.2. The van der Waals surface area contributed by atoms with Gasteiger partial charge < -0.3 is 5.11 Å². The fourth-order valence-electron chi connectivity index (χ4n) is 3.74. The summed E-state index contributed by atoms with van der Waals surface area (Å²) in [5, 5.41) is 10.7. The Morgan fingerprint density at radius 3 is 3.05 bits per heavy atom. The number of rotatable bonds is 3. The number of hydrogen-bond donors (Lipinski definition) is 1. The fourth-order valence-corrected chi connectivity index (χ4v) is 4.14. The van der Waals surface area contributed by atoms with Crippen LogP contribution in [0.4, 0.5) is 0 Å². The summed E-state index contributed by atoms with van der Waals surface area (Å²) in [5.74, 6) is 0.507. The van der Waals surface area contributed by atoms with Gasteiger partial charge >= 0.3 is 0 Å². The van der Waals surface area contributed by atoms with E-state index >= 15 is 0 Å². The number of aliphatic hydroxyl groups is 1. The van der Waals surface area contributed by atoms with E-state index in [-0.39, 0.29) is 5.78 Å². The van der Waals surface area contributed by atoms with Gasteiger partial charge in [-0.2, -0.15) is 0 Å². The van der Waals surface area contributed by atoms with Crippen molar-refractivity contribution in [3.8, 4) is 0 Å². The lowest BCUT2D eigenvalue weighted by Gasteiger charge is -2.47.